The minimum absolute atomic E-state index is 0.00988. The van der Waals surface area contributed by atoms with Gasteiger partial charge in [-0.25, -0.2) is 4.79 Å². The summed E-state index contributed by atoms with van der Waals surface area (Å²) in [6.07, 6.45) is 0.00988. The van der Waals surface area contributed by atoms with Gasteiger partial charge >= 0.3 is 5.97 Å². The number of rotatable bonds is 4. The minimum Gasteiger partial charge on any atom is -0.508 e. The molecule has 2 aromatic carbocycles. The van der Waals surface area contributed by atoms with E-state index in [1.165, 1.54) is 43.5 Å². The molecule has 2 rings (SSSR count). The summed E-state index contributed by atoms with van der Waals surface area (Å²) in [5.74, 6) is -1.38. The Hall–Kier alpha value is -3.35. The number of amides is 2. The van der Waals surface area contributed by atoms with Crippen molar-refractivity contribution < 1.29 is 24.2 Å². The van der Waals surface area contributed by atoms with Crippen LogP contribution in [0.1, 0.15) is 26.3 Å². The van der Waals surface area contributed by atoms with E-state index in [1.54, 1.807) is 12.1 Å². The van der Waals surface area contributed by atoms with Gasteiger partial charge in [-0.15, -0.1) is 0 Å². The fourth-order valence-electron chi connectivity index (χ4n) is 1.97. The maximum Gasteiger partial charge on any atom is 0.337 e. The second-order valence-corrected chi connectivity index (χ2v) is 4.92. The molecule has 0 bridgehead atoms. The van der Waals surface area contributed by atoms with Crippen LogP contribution in [-0.2, 0) is 16.0 Å². The first-order valence-electron chi connectivity index (χ1n) is 7.05. The quantitative estimate of drug-likeness (QED) is 0.577. The van der Waals surface area contributed by atoms with Crippen LogP contribution in [0.3, 0.4) is 0 Å². The predicted octanol–water partition coefficient (Wildman–Crippen LogP) is 1.18. The molecule has 0 spiro atoms. The molecular formula is C17H16N2O5. The monoisotopic (exact) mass is 328 g/mol. The van der Waals surface area contributed by atoms with Crippen LogP contribution in [0.5, 0.6) is 5.75 Å². The molecule has 0 aromatic heterocycles. The lowest BCUT2D eigenvalue weighted by Crippen LogP contribution is -2.42. The van der Waals surface area contributed by atoms with Crippen molar-refractivity contribution in [2.75, 3.05) is 7.11 Å². The van der Waals surface area contributed by atoms with Crippen molar-refractivity contribution >= 4 is 17.8 Å². The van der Waals surface area contributed by atoms with E-state index in [-0.39, 0.29) is 17.7 Å². The highest BCUT2D eigenvalue weighted by Gasteiger charge is 2.10. The SMILES string of the molecule is COC(=O)c1ccc(C(=O)NNC(=O)Cc2cccc(O)c2)cc1. The maximum atomic E-state index is 11.9. The van der Waals surface area contributed by atoms with Gasteiger partial charge in [0.2, 0.25) is 5.91 Å². The number of nitrogens with one attached hydrogen (secondary N) is 2. The highest BCUT2D eigenvalue weighted by molar-refractivity contribution is 5.97. The lowest BCUT2D eigenvalue weighted by Gasteiger charge is -2.08. The Bertz CT molecular complexity index is 756. The molecule has 0 aliphatic rings. The number of phenols is 1. The molecule has 2 amide bonds. The van der Waals surface area contributed by atoms with Crippen molar-refractivity contribution in [2.24, 2.45) is 0 Å². The Labute approximate surface area is 138 Å². The van der Waals surface area contributed by atoms with Crippen LogP contribution in [0, 0.1) is 0 Å². The molecule has 0 saturated carbocycles. The number of esters is 1. The van der Waals surface area contributed by atoms with Crippen LogP contribution in [-0.4, -0.2) is 30.0 Å². The number of benzene rings is 2. The summed E-state index contributed by atoms with van der Waals surface area (Å²) in [5, 5.41) is 9.34. The Morgan fingerprint density at radius 2 is 1.67 bits per heavy atom. The standard InChI is InChI=1S/C17H16N2O5/c1-24-17(23)13-7-5-12(6-8-13)16(22)19-18-15(21)10-11-3-2-4-14(20)9-11/h2-9,20H,10H2,1H3,(H,18,21)(H,19,22). The van der Waals surface area contributed by atoms with E-state index in [1.807, 2.05) is 0 Å². The largest absolute Gasteiger partial charge is 0.508 e. The third kappa shape index (κ3) is 4.57. The van der Waals surface area contributed by atoms with Gasteiger partial charge in [0.05, 0.1) is 19.1 Å². The molecule has 2 aromatic rings. The number of phenolic OH excluding ortho intramolecular Hbond substituents is 1. The maximum absolute atomic E-state index is 11.9. The molecule has 0 fully saturated rings. The molecule has 0 heterocycles. The molecule has 0 aliphatic heterocycles. The predicted molar refractivity (Wildman–Crippen MR) is 85.2 cm³/mol. The van der Waals surface area contributed by atoms with Gasteiger partial charge in [0.25, 0.3) is 5.91 Å². The van der Waals surface area contributed by atoms with Crippen molar-refractivity contribution in [1.29, 1.82) is 0 Å². The van der Waals surface area contributed by atoms with Crippen molar-refractivity contribution in [1.82, 2.24) is 10.9 Å². The van der Waals surface area contributed by atoms with Crippen LogP contribution in [0.4, 0.5) is 0 Å². The van der Waals surface area contributed by atoms with Crippen molar-refractivity contribution in [2.45, 2.75) is 6.42 Å². The van der Waals surface area contributed by atoms with Gasteiger partial charge < -0.3 is 9.84 Å². The summed E-state index contributed by atoms with van der Waals surface area (Å²) in [4.78, 5) is 35.0. The average molecular weight is 328 g/mol. The highest BCUT2D eigenvalue weighted by Crippen LogP contribution is 2.11. The Kier molecular flexibility index (Phi) is 5.51. The highest BCUT2D eigenvalue weighted by atomic mass is 16.5. The first kappa shape index (κ1) is 17.0. The molecular weight excluding hydrogens is 312 g/mol. The fourth-order valence-corrected chi connectivity index (χ4v) is 1.97. The topological polar surface area (TPSA) is 105 Å². The van der Waals surface area contributed by atoms with E-state index in [0.29, 0.717) is 11.1 Å². The molecule has 0 radical (unpaired) electrons. The van der Waals surface area contributed by atoms with E-state index in [9.17, 15) is 19.5 Å². The summed E-state index contributed by atoms with van der Waals surface area (Å²) in [5.41, 5.74) is 5.78. The number of carbonyl (C=O) groups is 3. The first-order valence-corrected chi connectivity index (χ1v) is 7.05. The van der Waals surface area contributed by atoms with Gasteiger partial charge in [0.15, 0.2) is 0 Å². The van der Waals surface area contributed by atoms with E-state index in [0.717, 1.165) is 0 Å². The Balaban J connectivity index is 1.88. The van der Waals surface area contributed by atoms with Gasteiger partial charge in [-0.2, -0.15) is 0 Å². The van der Waals surface area contributed by atoms with Crippen LogP contribution < -0.4 is 10.9 Å². The van der Waals surface area contributed by atoms with E-state index in [4.69, 9.17) is 0 Å². The number of ether oxygens (including phenoxy) is 1. The zero-order chi connectivity index (χ0) is 17.5. The van der Waals surface area contributed by atoms with Gasteiger partial charge in [-0.3, -0.25) is 20.4 Å². The number of aromatic hydroxyl groups is 1. The Morgan fingerprint density at radius 3 is 2.29 bits per heavy atom. The molecule has 24 heavy (non-hydrogen) atoms. The van der Waals surface area contributed by atoms with E-state index in [2.05, 4.69) is 15.6 Å². The fraction of sp³-hybridized carbons (Fsp3) is 0.118. The molecule has 7 nitrogen and oxygen atoms in total. The van der Waals surface area contributed by atoms with E-state index < -0.39 is 17.8 Å². The normalized spacial score (nSPS) is 9.88. The molecule has 7 heteroatoms. The van der Waals surface area contributed by atoms with Gasteiger partial charge in [-0.1, -0.05) is 12.1 Å². The van der Waals surface area contributed by atoms with Gasteiger partial charge in [0, 0.05) is 5.56 Å². The zero-order valence-corrected chi connectivity index (χ0v) is 12.9. The van der Waals surface area contributed by atoms with Crippen LogP contribution in [0.15, 0.2) is 48.5 Å². The molecule has 3 N–H and O–H groups in total. The first-order chi connectivity index (χ1) is 11.5. The van der Waals surface area contributed by atoms with Crippen LogP contribution in [0.2, 0.25) is 0 Å². The molecule has 0 atom stereocenters. The molecule has 124 valence electrons. The number of methoxy groups -OCH3 is 1. The summed E-state index contributed by atoms with van der Waals surface area (Å²) in [7, 11) is 1.27. The summed E-state index contributed by atoms with van der Waals surface area (Å²) < 4.78 is 4.57. The number of hydrogen-bond acceptors (Lipinski definition) is 5. The summed E-state index contributed by atoms with van der Waals surface area (Å²) in [6.45, 7) is 0. The van der Waals surface area contributed by atoms with Crippen LogP contribution in [0.25, 0.3) is 0 Å². The number of hydrogen-bond donors (Lipinski definition) is 3. The second kappa shape index (κ2) is 7.77. The number of carbonyl (C=O) groups excluding carboxylic acids is 3. The molecule has 0 unspecified atom stereocenters. The Morgan fingerprint density at radius 1 is 1.00 bits per heavy atom. The third-order valence-corrected chi connectivity index (χ3v) is 3.16. The van der Waals surface area contributed by atoms with Crippen LogP contribution >= 0.6 is 0 Å². The summed E-state index contributed by atoms with van der Waals surface area (Å²) in [6, 6.07) is 12.1. The average Bonchev–Trinajstić information content (AvgIpc) is 2.59. The minimum atomic E-state index is -0.518. The smallest absolute Gasteiger partial charge is 0.337 e. The van der Waals surface area contributed by atoms with Crippen molar-refractivity contribution in [3.63, 3.8) is 0 Å². The van der Waals surface area contributed by atoms with Gasteiger partial charge in [-0.05, 0) is 42.0 Å². The second-order valence-electron chi connectivity index (χ2n) is 4.92. The van der Waals surface area contributed by atoms with Crippen molar-refractivity contribution in [3.05, 3.63) is 65.2 Å². The number of hydrazine groups is 1. The summed E-state index contributed by atoms with van der Waals surface area (Å²) >= 11 is 0. The molecule has 0 saturated heterocycles. The lowest BCUT2D eigenvalue weighted by atomic mass is 10.1. The van der Waals surface area contributed by atoms with E-state index >= 15 is 0 Å². The zero-order valence-electron chi connectivity index (χ0n) is 12.9. The lowest BCUT2D eigenvalue weighted by molar-refractivity contribution is -0.121. The van der Waals surface area contributed by atoms with Gasteiger partial charge in [0.1, 0.15) is 5.75 Å². The van der Waals surface area contributed by atoms with Crippen molar-refractivity contribution in [3.8, 4) is 5.75 Å². The third-order valence-electron chi connectivity index (χ3n) is 3.16. The molecule has 0 aliphatic carbocycles.